The fourth-order valence-electron chi connectivity index (χ4n) is 2.21. The van der Waals surface area contributed by atoms with Gasteiger partial charge in [0.2, 0.25) is 0 Å². The topological polar surface area (TPSA) is 46.9 Å². The molecule has 0 aliphatic rings. The van der Waals surface area contributed by atoms with Gasteiger partial charge in [-0.3, -0.25) is 4.79 Å². The van der Waals surface area contributed by atoms with E-state index in [0.29, 0.717) is 4.88 Å². The largest absolute Gasteiger partial charge is 0.321 e. The first-order valence-corrected chi connectivity index (χ1v) is 7.85. The molecule has 0 atom stereocenters. The Bertz CT molecular complexity index is 819. The Hall–Kier alpha value is -2.40. The number of aromatic nitrogens is 2. The first-order chi connectivity index (χ1) is 10.5. The van der Waals surface area contributed by atoms with Crippen molar-refractivity contribution in [1.29, 1.82) is 0 Å². The van der Waals surface area contributed by atoms with Crippen LogP contribution in [-0.2, 0) is 0 Å². The van der Waals surface area contributed by atoms with Gasteiger partial charge in [0.1, 0.15) is 4.88 Å². The van der Waals surface area contributed by atoms with Gasteiger partial charge in [-0.25, -0.2) is 4.98 Å². The molecule has 0 aliphatic heterocycles. The number of benzene rings is 1. The molecule has 2 heterocycles. The highest BCUT2D eigenvalue weighted by Gasteiger charge is 2.16. The summed E-state index contributed by atoms with van der Waals surface area (Å²) in [5, 5.41) is 3.79. The lowest BCUT2D eigenvalue weighted by atomic mass is 10.1. The minimum Gasteiger partial charge on any atom is -0.321 e. The number of nitrogens with one attached hydrogen (secondary N) is 1. The Kier molecular flexibility index (Phi) is 3.81. The van der Waals surface area contributed by atoms with Gasteiger partial charge in [-0.05, 0) is 50.1 Å². The van der Waals surface area contributed by atoms with Crippen molar-refractivity contribution in [2.45, 2.75) is 20.8 Å². The quantitative estimate of drug-likeness (QED) is 0.791. The van der Waals surface area contributed by atoms with Crippen LogP contribution >= 0.6 is 11.3 Å². The molecule has 0 saturated heterocycles. The van der Waals surface area contributed by atoms with E-state index in [0.717, 1.165) is 27.6 Å². The number of amides is 1. The van der Waals surface area contributed by atoms with Crippen LogP contribution in [0, 0.1) is 20.8 Å². The maximum atomic E-state index is 12.5. The van der Waals surface area contributed by atoms with E-state index in [1.165, 1.54) is 11.3 Å². The molecule has 0 aliphatic carbocycles. The lowest BCUT2D eigenvalue weighted by molar-refractivity contribution is 0.102. The molecule has 0 radical (unpaired) electrons. The van der Waals surface area contributed by atoms with Crippen LogP contribution in [0.3, 0.4) is 0 Å². The summed E-state index contributed by atoms with van der Waals surface area (Å²) in [7, 11) is 0. The predicted molar refractivity (Wildman–Crippen MR) is 90.0 cm³/mol. The van der Waals surface area contributed by atoms with E-state index >= 15 is 0 Å². The van der Waals surface area contributed by atoms with Crippen molar-refractivity contribution in [3.63, 3.8) is 0 Å². The number of rotatable bonds is 3. The summed E-state index contributed by atoms with van der Waals surface area (Å²) in [5.41, 5.74) is 3.76. The molecule has 1 aromatic carbocycles. The van der Waals surface area contributed by atoms with Gasteiger partial charge in [0.05, 0.1) is 5.69 Å². The summed E-state index contributed by atoms with van der Waals surface area (Å²) in [5.74, 6) is -0.109. The highest BCUT2D eigenvalue weighted by molar-refractivity contribution is 7.16. The van der Waals surface area contributed by atoms with Crippen LogP contribution in [0.15, 0.2) is 42.7 Å². The normalized spacial score (nSPS) is 10.7. The van der Waals surface area contributed by atoms with Crippen LogP contribution in [0.4, 0.5) is 5.69 Å². The van der Waals surface area contributed by atoms with Gasteiger partial charge >= 0.3 is 0 Å². The summed E-state index contributed by atoms with van der Waals surface area (Å²) in [4.78, 5) is 17.7. The molecule has 1 amide bonds. The molecular formula is C17H17N3OS. The molecule has 0 saturated carbocycles. The SMILES string of the molecule is Cc1ccc(C)c(NC(=O)c2sc(-n3cccc3)nc2C)c1. The van der Waals surface area contributed by atoms with Crippen molar-refractivity contribution >= 4 is 22.9 Å². The zero-order valence-corrected chi connectivity index (χ0v) is 13.6. The molecule has 3 rings (SSSR count). The molecular weight excluding hydrogens is 294 g/mol. The van der Waals surface area contributed by atoms with E-state index in [-0.39, 0.29) is 5.91 Å². The van der Waals surface area contributed by atoms with E-state index in [1.807, 2.05) is 68.1 Å². The molecule has 5 heteroatoms. The first-order valence-electron chi connectivity index (χ1n) is 7.04. The van der Waals surface area contributed by atoms with Crippen LogP contribution in [-0.4, -0.2) is 15.5 Å². The van der Waals surface area contributed by atoms with Gasteiger partial charge in [0, 0.05) is 18.1 Å². The molecule has 2 aromatic heterocycles. The van der Waals surface area contributed by atoms with Crippen molar-refractivity contribution in [2.24, 2.45) is 0 Å². The Labute approximate surface area is 133 Å². The number of hydrogen-bond acceptors (Lipinski definition) is 3. The third kappa shape index (κ3) is 2.80. The van der Waals surface area contributed by atoms with Gasteiger partial charge in [0.25, 0.3) is 5.91 Å². The van der Waals surface area contributed by atoms with Gasteiger partial charge in [-0.1, -0.05) is 23.5 Å². The van der Waals surface area contributed by atoms with Crippen LogP contribution in [0.25, 0.3) is 5.13 Å². The molecule has 3 aromatic rings. The Balaban J connectivity index is 1.88. The monoisotopic (exact) mass is 311 g/mol. The summed E-state index contributed by atoms with van der Waals surface area (Å²) < 4.78 is 1.91. The highest BCUT2D eigenvalue weighted by atomic mass is 32.1. The minimum absolute atomic E-state index is 0.109. The van der Waals surface area contributed by atoms with E-state index in [4.69, 9.17) is 0 Å². The summed E-state index contributed by atoms with van der Waals surface area (Å²) in [6.07, 6.45) is 3.84. The fraction of sp³-hybridized carbons (Fsp3) is 0.176. The molecule has 0 bridgehead atoms. The van der Waals surface area contributed by atoms with Crippen molar-refractivity contribution < 1.29 is 4.79 Å². The van der Waals surface area contributed by atoms with Crippen molar-refractivity contribution in [3.8, 4) is 5.13 Å². The molecule has 0 spiro atoms. The van der Waals surface area contributed by atoms with Crippen molar-refractivity contribution in [1.82, 2.24) is 9.55 Å². The summed E-state index contributed by atoms with van der Waals surface area (Å²) in [6.45, 7) is 5.86. The van der Waals surface area contributed by atoms with E-state index in [1.54, 1.807) is 0 Å². The summed E-state index contributed by atoms with van der Waals surface area (Å²) >= 11 is 1.39. The molecule has 0 fully saturated rings. The van der Waals surface area contributed by atoms with Crippen LogP contribution in [0.1, 0.15) is 26.5 Å². The third-order valence-electron chi connectivity index (χ3n) is 3.46. The molecule has 22 heavy (non-hydrogen) atoms. The van der Waals surface area contributed by atoms with Gasteiger partial charge in [-0.2, -0.15) is 0 Å². The van der Waals surface area contributed by atoms with Crippen LogP contribution in [0.5, 0.6) is 0 Å². The van der Waals surface area contributed by atoms with E-state index < -0.39 is 0 Å². The second-order valence-electron chi connectivity index (χ2n) is 5.27. The van der Waals surface area contributed by atoms with Gasteiger partial charge < -0.3 is 9.88 Å². The third-order valence-corrected chi connectivity index (χ3v) is 4.63. The lowest BCUT2D eigenvalue weighted by Crippen LogP contribution is -2.12. The lowest BCUT2D eigenvalue weighted by Gasteiger charge is -2.08. The maximum Gasteiger partial charge on any atom is 0.267 e. The standard InChI is InChI=1S/C17H17N3OS/c1-11-6-7-12(2)14(10-11)19-16(21)15-13(3)18-17(22-15)20-8-4-5-9-20/h4-10H,1-3H3,(H,19,21). The molecule has 1 N–H and O–H groups in total. The minimum atomic E-state index is -0.109. The Morgan fingerprint density at radius 2 is 1.91 bits per heavy atom. The fourth-order valence-corrected chi connectivity index (χ4v) is 3.14. The number of anilines is 1. The number of hydrogen-bond donors (Lipinski definition) is 1. The second-order valence-corrected chi connectivity index (χ2v) is 6.25. The first kappa shape index (κ1) is 14.5. The second kappa shape index (κ2) is 5.77. The maximum absolute atomic E-state index is 12.5. The van der Waals surface area contributed by atoms with Crippen LogP contribution < -0.4 is 5.32 Å². The van der Waals surface area contributed by atoms with Gasteiger partial charge in [0.15, 0.2) is 5.13 Å². The van der Waals surface area contributed by atoms with E-state index in [2.05, 4.69) is 10.3 Å². The Morgan fingerprint density at radius 3 is 2.64 bits per heavy atom. The molecule has 0 unspecified atom stereocenters. The van der Waals surface area contributed by atoms with Crippen LogP contribution in [0.2, 0.25) is 0 Å². The molecule has 4 nitrogen and oxygen atoms in total. The number of carbonyl (C=O) groups is 1. The number of carbonyl (C=O) groups excluding carboxylic acids is 1. The smallest absolute Gasteiger partial charge is 0.267 e. The van der Waals surface area contributed by atoms with Crippen molar-refractivity contribution in [3.05, 3.63) is 64.4 Å². The zero-order chi connectivity index (χ0) is 15.7. The summed E-state index contributed by atoms with van der Waals surface area (Å²) in [6, 6.07) is 9.90. The Morgan fingerprint density at radius 1 is 1.18 bits per heavy atom. The predicted octanol–water partition coefficient (Wildman–Crippen LogP) is 4.11. The highest BCUT2D eigenvalue weighted by Crippen LogP contribution is 2.24. The van der Waals surface area contributed by atoms with Crippen molar-refractivity contribution in [2.75, 3.05) is 5.32 Å². The number of thiazole rings is 1. The number of aryl methyl sites for hydroxylation is 3. The average molecular weight is 311 g/mol. The zero-order valence-electron chi connectivity index (χ0n) is 12.8. The molecule has 112 valence electrons. The average Bonchev–Trinajstić information content (AvgIpc) is 3.11. The van der Waals surface area contributed by atoms with E-state index in [9.17, 15) is 4.79 Å². The van der Waals surface area contributed by atoms with Gasteiger partial charge in [-0.15, -0.1) is 0 Å². The number of nitrogens with zero attached hydrogens (tertiary/aromatic N) is 2.